The summed E-state index contributed by atoms with van der Waals surface area (Å²) in [5, 5.41) is 42.8. The van der Waals surface area contributed by atoms with Crippen molar-refractivity contribution >= 4 is 11.4 Å². The summed E-state index contributed by atoms with van der Waals surface area (Å²) in [5.41, 5.74) is 0.860. The Kier molecular flexibility index (Phi) is 3.60. The van der Waals surface area contributed by atoms with Crippen LogP contribution in [-0.2, 0) is 0 Å². The Morgan fingerprint density at radius 3 is 1.53 bits per heavy atom. The first-order chi connectivity index (χ1) is 9.06. The summed E-state index contributed by atoms with van der Waals surface area (Å²) in [6, 6.07) is 2.78. The van der Waals surface area contributed by atoms with Crippen LogP contribution in [0.1, 0.15) is 6.42 Å². The lowest BCUT2D eigenvalue weighted by Crippen LogP contribution is -2.08. The molecule has 2 aromatic rings. The van der Waals surface area contributed by atoms with Gasteiger partial charge in [0, 0.05) is 25.2 Å². The number of aromatic amines is 2. The van der Waals surface area contributed by atoms with Gasteiger partial charge in [-0.2, -0.15) is 0 Å². The highest BCUT2D eigenvalue weighted by Crippen LogP contribution is 2.27. The highest BCUT2D eigenvalue weighted by Gasteiger charge is 2.06. The minimum atomic E-state index is -0.112. The molecule has 0 saturated carbocycles. The highest BCUT2D eigenvalue weighted by molar-refractivity contribution is 5.57. The molecule has 2 aromatic heterocycles. The van der Waals surface area contributed by atoms with E-state index in [4.69, 9.17) is 10.2 Å². The first-order valence-electron chi connectivity index (χ1n) is 5.76. The first-order valence-corrected chi connectivity index (χ1v) is 5.76. The minimum Gasteiger partial charge on any atom is -0.494 e. The number of rotatable bonds is 6. The van der Waals surface area contributed by atoms with Crippen LogP contribution in [0.5, 0.6) is 23.5 Å². The molecule has 0 radical (unpaired) electrons. The lowest BCUT2D eigenvalue weighted by atomic mass is 10.3. The van der Waals surface area contributed by atoms with Crippen LogP contribution >= 0.6 is 0 Å². The van der Waals surface area contributed by atoms with E-state index in [-0.39, 0.29) is 23.5 Å². The molecule has 0 amide bonds. The van der Waals surface area contributed by atoms with Gasteiger partial charge >= 0.3 is 0 Å². The number of aromatic nitrogens is 2. The van der Waals surface area contributed by atoms with Crippen LogP contribution in [0.15, 0.2) is 12.1 Å². The number of anilines is 2. The Bertz CT molecular complexity index is 501. The average Bonchev–Trinajstić information content (AvgIpc) is 2.81. The van der Waals surface area contributed by atoms with Gasteiger partial charge in [0.25, 0.3) is 0 Å². The van der Waals surface area contributed by atoms with Gasteiger partial charge in [0.2, 0.25) is 11.8 Å². The maximum absolute atomic E-state index is 9.35. The van der Waals surface area contributed by atoms with Gasteiger partial charge in [-0.05, 0) is 6.42 Å². The second-order valence-electron chi connectivity index (χ2n) is 4.04. The molecule has 0 atom stereocenters. The molecule has 0 saturated heterocycles. The molecule has 8 nitrogen and oxygen atoms in total. The molecule has 0 aliphatic carbocycles. The van der Waals surface area contributed by atoms with Crippen molar-refractivity contribution in [2.45, 2.75) is 6.42 Å². The van der Waals surface area contributed by atoms with E-state index in [1.54, 1.807) is 0 Å². The van der Waals surface area contributed by atoms with Gasteiger partial charge in [0.1, 0.15) is 11.4 Å². The topological polar surface area (TPSA) is 137 Å². The van der Waals surface area contributed by atoms with E-state index in [9.17, 15) is 10.2 Å². The van der Waals surface area contributed by atoms with Gasteiger partial charge in [-0.1, -0.05) is 0 Å². The van der Waals surface area contributed by atoms with Gasteiger partial charge in [0.15, 0.2) is 11.8 Å². The summed E-state index contributed by atoms with van der Waals surface area (Å²) < 4.78 is 0. The zero-order valence-electron chi connectivity index (χ0n) is 10.1. The van der Waals surface area contributed by atoms with Crippen LogP contribution in [0.3, 0.4) is 0 Å². The fraction of sp³-hybridized carbons (Fsp3) is 0.273. The Hall–Kier alpha value is -2.64. The van der Waals surface area contributed by atoms with Crippen molar-refractivity contribution < 1.29 is 20.4 Å². The van der Waals surface area contributed by atoms with Crippen molar-refractivity contribution in [1.82, 2.24) is 9.97 Å². The van der Waals surface area contributed by atoms with E-state index in [0.717, 1.165) is 0 Å². The molecule has 2 heterocycles. The lowest BCUT2D eigenvalue weighted by Gasteiger charge is -2.06. The molecule has 8 heteroatoms. The van der Waals surface area contributed by atoms with Crippen molar-refractivity contribution in [3.05, 3.63) is 12.1 Å². The van der Waals surface area contributed by atoms with E-state index in [1.807, 2.05) is 0 Å². The van der Waals surface area contributed by atoms with Crippen molar-refractivity contribution in [2.24, 2.45) is 0 Å². The van der Waals surface area contributed by atoms with Crippen LogP contribution in [0, 0.1) is 0 Å². The van der Waals surface area contributed by atoms with Crippen molar-refractivity contribution in [3.63, 3.8) is 0 Å². The molecule has 0 unspecified atom stereocenters. The van der Waals surface area contributed by atoms with Gasteiger partial charge < -0.3 is 31.1 Å². The Balaban J connectivity index is 1.70. The maximum Gasteiger partial charge on any atom is 0.215 e. The second-order valence-corrected chi connectivity index (χ2v) is 4.04. The zero-order chi connectivity index (χ0) is 13.8. The molecule has 0 aliphatic rings. The third kappa shape index (κ3) is 3.18. The van der Waals surface area contributed by atoms with Gasteiger partial charge in [-0.3, -0.25) is 9.97 Å². The lowest BCUT2D eigenvalue weighted by molar-refractivity contribution is 0.425. The van der Waals surface area contributed by atoms with E-state index in [2.05, 4.69) is 20.6 Å². The summed E-state index contributed by atoms with van der Waals surface area (Å²) >= 11 is 0. The Morgan fingerprint density at radius 2 is 1.21 bits per heavy atom. The third-order valence-corrected chi connectivity index (χ3v) is 2.55. The SMILES string of the molecule is Oc1cc(NCCCNc2cc(O)[nH]c2O)c(O)[nH]1. The molecule has 0 aliphatic heterocycles. The van der Waals surface area contributed by atoms with Crippen molar-refractivity contribution in [2.75, 3.05) is 23.7 Å². The van der Waals surface area contributed by atoms with E-state index in [0.29, 0.717) is 30.9 Å². The summed E-state index contributed by atoms with van der Waals surface area (Å²) in [6.45, 7) is 1.13. The van der Waals surface area contributed by atoms with Crippen LogP contribution in [0.25, 0.3) is 0 Å². The summed E-state index contributed by atoms with van der Waals surface area (Å²) in [7, 11) is 0. The fourth-order valence-corrected chi connectivity index (χ4v) is 1.66. The molecule has 2 rings (SSSR count). The van der Waals surface area contributed by atoms with E-state index >= 15 is 0 Å². The second kappa shape index (κ2) is 5.34. The van der Waals surface area contributed by atoms with Gasteiger partial charge in [0.05, 0.1) is 0 Å². The molecule has 0 bridgehead atoms. The standard InChI is InChI=1S/C11H16N4O4/c16-8-4-6(10(18)14-8)12-2-1-3-13-7-5-9(17)15-11(7)19/h4-5,12-19H,1-3H2. The first kappa shape index (κ1) is 12.8. The molecule has 0 fully saturated rings. The molecular weight excluding hydrogens is 252 g/mol. The molecule has 19 heavy (non-hydrogen) atoms. The Morgan fingerprint density at radius 1 is 0.789 bits per heavy atom. The third-order valence-electron chi connectivity index (χ3n) is 2.55. The fourth-order valence-electron chi connectivity index (χ4n) is 1.66. The molecule has 104 valence electrons. The monoisotopic (exact) mass is 268 g/mol. The predicted molar refractivity (Wildman–Crippen MR) is 69.8 cm³/mol. The predicted octanol–water partition coefficient (Wildman–Crippen LogP) is 1.08. The summed E-state index contributed by atoms with van der Waals surface area (Å²) in [5.74, 6) is -0.436. The van der Waals surface area contributed by atoms with Gasteiger partial charge in [-0.15, -0.1) is 0 Å². The molecular formula is C11H16N4O4. The summed E-state index contributed by atoms with van der Waals surface area (Å²) in [4.78, 5) is 4.71. The van der Waals surface area contributed by atoms with Crippen molar-refractivity contribution in [3.8, 4) is 23.5 Å². The number of nitrogens with one attached hydrogen (secondary N) is 4. The largest absolute Gasteiger partial charge is 0.494 e. The maximum atomic E-state index is 9.35. The number of hydrogen-bond donors (Lipinski definition) is 8. The zero-order valence-corrected chi connectivity index (χ0v) is 10.1. The molecule has 8 N–H and O–H groups in total. The number of aromatic hydroxyl groups is 4. The molecule has 0 spiro atoms. The summed E-state index contributed by atoms with van der Waals surface area (Å²) in [6.07, 6.45) is 0.705. The van der Waals surface area contributed by atoms with Gasteiger partial charge in [-0.25, -0.2) is 0 Å². The van der Waals surface area contributed by atoms with Crippen LogP contribution in [-0.4, -0.2) is 43.5 Å². The smallest absolute Gasteiger partial charge is 0.215 e. The minimum absolute atomic E-state index is 0.106. The highest BCUT2D eigenvalue weighted by atomic mass is 16.3. The van der Waals surface area contributed by atoms with Crippen LogP contribution in [0.2, 0.25) is 0 Å². The number of hydrogen-bond acceptors (Lipinski definition) is 6. The van der Waals surface area contributed by atoms with E-state index in [1.165, 1.54) is 12.1 Å². The van der Waals surface area contributed by atoms with Crippen LogP contribution < -0.4 is 10.6 Å². The molecule has 0 aromatic carbocycles. The van der Waals surface area contributed by atoms with Crippen LogP contribution in [0.4, 0.5) is 11.4 Å². The normalized spacial score (nSPS) is 10.5. The average molecular weight is 268 g/mol. The Labute approximate surface area is 108 Å². The number of H-pyrrole nitrogens is 2. The quantitative estimate of drug-likeness (QED) is 0.369. The van der Waals surface area contributed by atoms with Crippen molar-refractivity contribution in [1.29, 1.82) is 0 Å². The van der Waals surface area contributed by atoms with E-state index < -0.39 is 0 Å².